The number of nitrogens with zero attached hydrogens (tertiary/aromatic N) is 2. The van der Waals surface area contributed by atoms with Crippen molar-refractivity contribution in [1.82, 2.24) is 15.1 Å². The highest BCUT2D eigenvalue weighted by Crippen LogP contribution is 2.06. The zero-order valence-corrected chi connectivity index (χ0v) is 14.5. The molecule has 0 spiro atoms. The highest BCUT2D eigenvalue weighted by molar-refractivity contribution is 5.81. The van der Waals surface area contributed by atoms with Crippen LogP contribution in [0.2, 0.25) is 0 Å². The van der Waals surface area contributed by atoms with Gasteiger partial charge in [0.1, 0.15) is 6.10 Å². The van der Waals surface area contributed by atoms with Gasteiger partial charge in [-0.05, 0) is 19.4 Å². The van der Waals surface area contributed by atoms with E-state index in [0.29, 0.717) is 45.9 Å². The summed E-state index contributed by atoms with van der Waals surface area (Å²) in [6, 6.07) is 9.86. The minimum Gasteiger partial charge on any atom is -0.369 e. The Kier molecular flexibility index (Phi) is 7.21. The van der Waals surface area contributed by atoms with E-state index in [1.165, 1.54) is 0 Å². The van der Waals surface area contributed by atoms with Gasteiger partial charge in [0, 0.05) is 39.3 Å². The van der Waals surface area contributed by atoms with Crippen molar-refractivity contribution in [2.45, 2.75) is 26.5 Å². The van der Waals surface area contributed by atoms with E-state index in [0.717, 1.165) is 5.56 Å². The van der Waals surface area contributed by atoms with Gasteiger partial charge in [-0.3, -0.25) is 14.5 Å². The van der Waals surface area contributed by atoms with Gasteiger partial charge in [-0.25, -0.2) is 0 Å². The highest BCUT2D eigenvalue weighted by atomic mass is 16.5. The van der Waals surface area contributed by atoms with E-state index >= 15 is 0 Å². The molecule has 0 aliphatic carbocycles. The van der Waals surface area contributed by atoms with Crippen LogP contribution < -0.4 is 5.32 Å². The van der Waals surface area contributed by atoms with Gasteiger partial charge in [-0.15, -0.1) is 0 Å². The first-order valence-electron chi connectivity index (χ1n) is 8.53. The van der Waals surface area contributed by atoms with Crippen molar-refractivity contribution < 1.29 is 14.3 Å². The highest BCUT2D eigenvalue weighted by Gasteiger charge is 2.25. The molecule has 1 N–H and O–H groups in total. The quantitative estimate of drug-likeness (QED) is 0.804. The van der Waals surface area contributed by atoms with Gasteiger partial charge in [-0.1, -0.05) is 30.3 Å². The Labute approximate surface area is 143 Å². The van der Waals surface area contributed by atoms with E-state index in [-0.39, 0.29) is 11.8 Å². The van der Waals surface area contributed by atoms with Gasteiger partial charge in [-0.2, -0.15) is 0 Å². The lowest BCUT2D eigenvalue weighted by Crippen LogP contribution is -2.53. The molecule has 0 radical (unpaired) electrons. The van der Waals surface area contributed by atoms with Crippen LogP contribution in [0, 0.1) is 0 Å². The van der Waals surface area contributed by atoms with Crippen LogP contribution in [0.15, 0.2) is 30.3 Å². The smallest absolute Gasteiger partial charge is 0.251 e. The first-order chi connectivity index (χ1) is 11.6. The third-order valence-electron chi connectivity index (χ3n) is 4.15. The Bertz CT molecular complexity index is 528. The van der Waals surface area contributed by atoms with Crippen molar-refractivity contribution in [3.8, 4) is 0 Å². The largest absolute Gasteiger partial charge is 0.369 e. The lowest BCUT2D eigenvalue weighted by atomic mass is 10.2. The molecule has 6 nitrogen and oxygen atoms in total. The second-order valence-corrected chi connectivity index (χ2v) is 5.96. The summed E-state index contributed by atoms with van der Waals surface area (Å²) in [5.74, 6) is 0.0475. The minimum absolute atomic E-state index is 0.0151. The summed E-state index contributed by atoms with van der Waals surface area (Å²) >= 11 is 0. The van der Waals surface area contributed by atoms with Gasteiger partial charge in [0.25, 0.3) is 5.91 Å². The normalized spacial score (nSPS) is 16.7. The van der Waals surface area contributed by atoms with Crippen LogP contribution in [0.4, 0.5) is 0 Å². The molecule has 1 aliphatic rings. The summed E-state index contributed by atoms with van der Waals surface area (Å²) in [6.07, 6.45) is -0.393. The van der Waals surface area contributed by atoms with Crippen LogP contribution in [0.3, 0.4) is 0 Å². The first kappa shape index (κ1) is 18.4. The minimum atomic E-state index is -0.393. The summed E-state index contributed by atoms with van der Waals surface area (Å²) in [4.78, 5) is 28.1. The number of carbonyl (C=O) groups is 2. The fourth-order valence-corrected chi connectivity index (χ4v) is 2.76. The van der Waals surface area contributed by atoms with Gasteiger partial charge >= 0.3 is 0 Å². The van der Waals surface area contributed by atoms with E-state index < -0.39 is 6.10 Å². The van der Waals surface area contributed by atoms with Gasteiger partial charge in [0.15, 0.2) is 0 Å². The maximum Gasteiger partial charge on any atom is 0.251 e. The lowest BCUT2D eigenvalue weighted by Gasteiger charge is -2.35. The number of ether oxygens (including phenoxy) is 1. The predicted octanol–water partition coefficient (Wildman–Crippen LogP) is 0.872. The molecule has 1 saturated heterocycles. The van der Waals surface area contributed by atoms with Crippen LogP contribution in [-0.4, -0.2) is 67.0 Å². The molecule has 1 atom stereocenters. The Morgan fingerprint density at radius 3 is 2.46 bits per heavy atom. The van der Waals surface area contributed by atoms with E-state index in [2.05, 4.69) is 10.2 Å². The molecule has 1 fully saturated rings. The molecular formula is C18H27N3O3. The third kappa shape index (κ3) is 5.62. The molecule has 2 amide bonds. The van der Waals surface area contributed by atoms with Gasteiger partial charge in [0.05, 0.1) is 6.54 Å². The monoisotopic (exact) mass is 333 g/mol. The van der Waals surface area contributed by atoms with Crippen molar-refractivity contribution in [2.75, 3.05) is 39.3 Å². The average Bonchev–Trinajstić information content (AvgIpc) is 2.61. The van der Waals surface area contributed by atoms with E-state index in [4.69, 9.17) is 4.74 Å². The molecular weight excluding hydrogens is 306 g/mol. The second-order valence-electron chi connectivity index (χ2n) is 5.96. The van der Waals surface area contributed by atoms with Crippen LogP contribution in [-0.2, 0) is 20.9 Å². The van der Waals surface area contributed by atoms with Gasteiger partial charge in [0.2, 0.25) is 5.91 Å². The first-order valence-corrected chi connectivity index (χ1v) is 8.53. The Morgan fingerprint density at radius 2 is 1.83 bits per heavy atom. The molecule has 0 bridgehead atoms. The maximum absolute atomic E-state index is 12.2. The number of amides is 2. The number of piperazine rings is 1. The summed E-state index contributed by atoms with van der Waals surface area (Å²) in [7, 11) is 0. The van der Waals surface area contributed by atoms with Crippen molar-refractivity contribution in [1.29, 1.82) is 0 Å². The number of carbonyl (C=O) groups excluding carboxylic acids is 2. The predicted molar refractivity (Wildman–Crippen MR) is 92.4 cm³/mol. The number of hydrogen-bond donors (Lipinski definition) is 1. The zero-order valence-electron chi connectivity index (χ0n) is 14.5. The summed E-state index contributed by atoms with van der Waals surface area (Å²) in [5.41, 5.74) is 1.09. The summed E-state index contributed by atoms with van der Waals surface area (Å²) in [5, 5.41) is 2.93. The Hall–Kier alpha value is -1.92. The summed E-state index contributed by atoms with van der Waals surface area (Å²) < 4.78 is 5.35. The standard InChI is InChI=1S/C18H27N3O3/c1-3-24-15(2)18(23)21-11-9-20(10-12-21)14-17(22)19-13-16-7-5-4-6-8-16/h4-8,15H,3,9-14H2,1-2H3,(H,19,22)/t15-/m1/s1. The molecule has 132 valence electrons. The van der Waals surface area contributed by atoms with E-state index in [1.54, 1.807) is 6.92 Å². The molecule has 1 aliphatic heterocycles. The topological polar surface area (TPSA) is 61.9 Å². The SMILES string of the molecule is CCO[C@H](C)C(=O)N1CCN(CC(=O)NCc2ccccc2)CC1. The molecule has 24 heavy (non-hydrogen) atoms. The molecule has 2 rings (SSSR count). The summed E-state index contributed by atoms with van der Waals surface area (Å²) in [6.45, 7) is 7.83. The second kappa shape index (κ2) is 9.39. The van der Waals surface area contributed by atoms with Crippen molar-refractivity contribution in [3.63, 3.8) is 0 Å². The maximum atomic E-state index is 12.2. The van der Waals surface area contributed by atoms with Crippen molar-refractivity contribution in [2.24, 2.45) is 0 Å². The number of hydrogen-bond acceptors (Lipinski definition) is 4. The molecule has 1 aromatic carbocycles. The zero-order chi connectivity index (χ0) is 17.4. The van der Waals surface area contributed by atoms with Crippen LogP contribution in [0.5, 0.6) is 0 Å². The van der Waals surface area contributed by atoms with Crippen LogP contribution in [0.1, 0.15) is 19.4 Å². The number of rotatable bonds is 7. The van der Waals surface area contributed by atoms with E-state index in [9.17, 15) is 9.59 Å². The van der Waals surface area contributed by atoms with E-state index in [1.807, 2.05) is 42.2 Å². The van der Waals surface area contributed by atoms with Gasteiger partial charge < -0.3 is 15.0 Å². The third-order valence-corrected chi connectivity index (χ3v) is 4.15. The van der Waals surface area contributed by atoms with Crippen molar-refractivity contribution in [3.05, 3.63) is 35.9 Å². The molecule has 6 heteroatoms. The molecule has 1 aromatic rings. The number of nitrogens with one attached hydrogen (secondary N) is 1. The molecule has 0 saturated carbocycles. The number of benzene rings is 1. The molecule has 1 heterocycles. The Balaban J connectivity index is 1.69. The fraction of sp³-hybridized carbons (Fsp3) is 0.556. The molecule has 0 aromatic heterocycles. The average molecular weight is 333 g/mol. The molecule has 0 unspecified atom stereocenters. The lowest BCUT2D eigenvalue weighted by molar-refractivity contribution is -0.144. The van der Waals surface area contributed by atoms with Crippen LogP contribution >= 0.6 is 0 Å². The van der Waals surface area contributed by atoms with Crippen molar-refractivity contribution >= 4 is 11.8 Å². The fourth-order valence-electron chi connectivity index (χ4n) is 2.76. The van der Waals surface area contributed by atoms with Crippen LogP contribution in [0.25, 0.3) is 0 Å². The Morgan fingerprint density at radius 1 is 1.17 bits per heavy atom.